The van der Waals surface area contributed by atoms with Crippen molar-refractivity contribution in [1.82, 2.24) is 9.97 Å². The summed E-state index contributed by atoms with van der Waals surface area (Å²) in [4.78, 5) is 17.9. The van der Waals surface area contributed by atoms with Crippen LogP contribution in [-0.2, 0) is 0 Å². The Hall–Kier alpha value is -1.44. The second-order valence-corrected chi connectivity index (χ2v) is 4.56. The number of nitrogens with zero attached hydrogens (tertiary/aromatic N) is 1. The van der Waals surface area contributed by atoms with Gasteiger partial charge >= 0.3 is 0 Å². The van der Waals surface area contributed by atoms with Crippen molar-refractivity contribution in [1.29, 1.82) is 0 Å². The van der Waals surface area contributed by atoms with Gasteiger partial charge in [-0.2, -0.15) is 0 Å². The molecular formula is C11H9FIN3O. The van der Waals surface area contributed by atoms with E-state index in [-0.39, 0.29) is 11.4 Å². The number of hydrogen-bond donors (Lipinski definition) is 2. The number of nitrogens with one attached hydrogen (secondary N) is 2. The third-order valence-electron chi connectivity index (χ3n) is 2.24. The van der Waals surface area contributed by atoms with Crippen LogP contribution in [0.4, 0.5) is 15.9 Å². The Balaban J connectivity index is 2.38. The average molecular weight is 345 g/mol. The number of aromatic amines is 1. The predicted molar refractivity (Wildman–Crippen MR) is 72.0 cm³/mol. The normalized spacial score (nSPS) is 10.3. The summed E-state index contributed by atoms with van der Waals surface area (Å²) in [5, 5.41) is 3.00. The zero-order valence-corrected chi connectivity index (χ0v) is 11.1. The van der Waals surface area contributed by atoms with Crippen LogP contribution in [0.5, 0.6) is 0 Å². The van der Waals surface area contributed by atoms with E-state index in [2.05, 4.69) is 15.3 Å². The summed E-state index contributed by atoms with van der Waals surface area (Å²) in [5.41, 5.74) is 1.27. The van der Waals surface area contributed by atoms with Crippen LogP contribution in [0.1, 0.15) is 5.56 Å². The first kappa shape index (κ1) is 12.0. The molecular weight excluding hydrogens is 336 g/mol. The maximum Gasteiger partial charge on any atom is 0.266 e. The van der Waals surface area contributed by atoms with Crippen LogP contribution >= 0.6 is 22.6 Å². The van der Waals surface area contributed by atoms with Gasteiger partial charge in [-0.15, -0.1) is 0 Å². The first-order valence-corrected chi connectivity index (χ1v) is 5.92. The highest BCUT2D eigenvalue weighted by atomic mass is 127. The highest BCUT2D eigenvalue weighted by Crippen LogP contribution is 2.21. The Morgan fingerprint density at radius 2 is 2.24 bits per heavy atom. The zero-order chi connectivity index (χ0) is 12.4. The molecule has 0 spiro atoms. The summed E-state index contributed by atoms with van der Waals surface area (Å²) in [7, 11) is 0. The molecule has 0 unspecified atom stereocenters. The first-order valence-electron chi connectivity index (χ1n) is 4.84. The molecule has 0 fully saturated rings. The summed E-state index contributed by atoms with van der Waals surface area (Å²) >= 11 is 1.91. The Bertz CT molecular complexity index is 612. The standard InChI is InChI=1S/C11H9FIN3O/c1-6-4-7(12)2-3-8(6)16-10-9(13)11(17)15-5-14-10/h2-5H,1H3,(H2,14,15,16,17). The van der Waals surface area contributed by atoms with Crippen molar-refractivity contribution in [3.63, 3.8) is 0 Å². The Kier molecular flexibility index (Phi) is 3.41. The quantitative estimate of drug-likeness (QED) is 0.823. The van der Waals surface area contributed by atoms with Crippen molar-refractivity contribution in [3.8, 4) is 0 Å². The predicted octanol–water partition coefficient (Wildman–Crippen LogP) is 2.57. The van der Waals surface area contributed by atoms with Crippen molar-refractivity contribution in [2.45, 2.75) is 6.92 Å². The maximum atomic E-state index is 12.9. The Labute approximate surface area is 110 Å². The number of benzene rings is 1. The van der Waals surface area contributed by atoms with Crippen molar-refractivity contribution in [2.75, 3.05) is 5.32 Å². The second kappa shape index (κ2) is 4.82. The minimum absolute atomic E-state index is 0.206. The molecule has 0 aliphatic carbocycles. The molecule has 0 saturated heterocycles. The first-order chi connectivity index (χ1) is 8.08. The third kappa shape index (κ3) is 2.63. The number of aryl methyl sites for hydroxylation is 1. The molecule has 17 heavy (non-hydrogen) atoms. The molecule has 0 saturated carbocycles. The van der Waals surface area contributed by atoms with E-state index in [1.165, 1.54) is 18.5 Å². The van der Waals surface area contributed by atoms with E-state index in [4.69, 9.17) is 0 Å². The van der Waals surface area contributed by atoms with E-state index >= 15 is 0 Å². The molecule has 0 radical (unpaired) electrons. The Morgan fingerprint density at radius 3 is 2.94 bits per heavy atom. The highest BCUT2D eigenvalue weighted by molar-refractivity contribution is 14.1. The molecule has 2 N–H and O–H groups in total. The number of aromatic nitrogens is 2. The van der Waals surface area contributed by atoms with Crippen LogP contribution in [0.3, 0.4) is 0 Å². The molecule has 2 rings (SSSR count). The third-order valence-corrected chi connectivity index (χ3v) is 3.24. The van der Waals surface area contributed by atoms with Gasteiger partial charge < -0.3 is 10.3 Å². The fraction of sp³-hybridized carbons (Fsp3) is 0.0909. The molecule has 1 aromatic heterocycles. The van der Waals surface area contributed by atoms with Gasteiger partial charge in [-0.1, -0.05) is 0 Å². The summed E-state index contributed by atoms with van der Waals surface area (Å²) in [6, 6.07) is 4.39. The zero-order valence-electron chi connectivity index (χ0n) is 8.92. The molecule has 4 nitrogen and oxygen atoms in total. The van der Waals surface area contributed by atoms with Gasteiger partial charge in [0.25, 0.3) is 5.56 Å². The van der Waals surface area contributed by atoms with Gasteiger partial charge in [0.1, 0.15) is 9.39 Å². The van der Waals surface area contributed by atoms with Crippen LogP contribution in [0.25, 0.3) is 0 Å². The van der Waals surface area contributed by atoms with Crippen LogP contribution in [0.15, 0.2) is 29.3 Å². The van der Waals surface area contributed by atoms with E-state index in [1.807, 2.05) is 22.6 Å². The number of halogens is 2. The molecule has 6 heteroatoms. The minimum atomic E-state index is -0.290. The van der Waals surface area contributed by atoms with Crippen LogP contribution in [0, 0.1) is 16.3 Å². The summed E-state index contributed by atoms with van der Waals surface area (Å²) in [5.74, 6) is 0.172. The van der Waals surface area contributed by atoms with Gasteiger partial charge in [0.15, 0.2) is 5.82 Å². The molecule has 0 bridgehead atoms. The summed E-state index contributed by atoms with van der Waals surface area (Å²) in [6.07, 6.45) is 1.33. The lowest BCUT2D eigenvalue weighted by atomic mass is 10.2. The van der Waals surface area contributed by atoms with E-state index in [0.29, 0.717) is 9.39 Å². The van der Waals surface area contributed by atoms with Crippen molar-refractivity contribution >= 4 is 34.1 Å². The number of H-pyrrole nitrogens is 1. The van der Waals surface area contributed by atoms with Crippen LogP contribution < -0.4 is 10.9 Å². The molecule has 0 aliphatic rings. The van der Waals surface area contributed by atoms with Gasteiger partial charge in [-0.05, 0) is 53.3 Å². The van der Waals surface area contributed by atoms with Crippen molar-refractivity contribution in [2.24, 2.45) is 0 Å². The van der Waals surface area contributed by atoms with E-state index < -0.39 is 0 Å². The molecule has 1 heterocycles. The smallest absolute Gasteiger partial charge is 0.266 e. The van der Waals surface area contributed by atoms with Crippen molar-refractivity contribution in [3.05, 3.63) is 49.8 Å². The molecule has 2 aromatic rings. The van der Waals surface area contributed by atoms with Crippen LogP contribution in [-0.4, -0.2) is 9.97 Å². The number of anilines is 2. The van der Waals surface area contributed by atoms with Crippen molar-refractivity contribution < 1.29 is 4.39 Å². The monoisotopic (exact) mass is 345 g/mol. The molecule has 1 aromatic carbocycles. The average Bonchev–Trinajstić information content (AvgIpc) is 2.28. The van der Waals surface area contributed by atoms with Gasteiger partial charge in [0.05, 0.1) is 6.33 Å². The van der Waals surface area contributed by atoms with Crippen LogP contribution in [0.2, 0.25) is 0 Å². The summed E-state index contributed by atoms with van der Waals surface area (Å²) < 4.78 is 13.4. The molecule has 0 aliphatic heterocycles. The minimum Gasteiger partial charge on any atom is -0.339 e. The van der Waals surface area contributed by atoms with E-state index in [1.54, 1.807) is 13.0 Å². The topological polar surface area (TPSA) is 57.8 Å². The van der Waals surface area contributed by atoms with E-state index in [0.717, 1.165) is 11.3 Å². The number of hydrogen-bond acceptors (Lipinski definition) is 3. The van der Waals surface area contributed by atoms with Gasteiger partial charge in [0, 0.05) is 5.69 Å². The molecule has 88 valence electrons. The second-order valence-electron chi connectivity index (χ2n) is 3.48. The lowest BCUT2D eigenvalue weighted by Gasteiger charge is -2.09. The molecule has 0 atom stereocenters. The lowest BCUT2D eigenvalue weighted by Crippen LogP contribution is -2.13. The van der Waals surface area contributed by atoms with Gasteiger partial charge in [-0.3, -0.25) is 4.79 Å². The maximum absolute atomic E-state index is 12.9. The summed E-state index contributed by atoms with van der Waals surface area (Å²) in [6.45, 7) is 1.78. The van der Waals surface area contributed by atoms with Gasteiger partial charge in [0.2, 0.25) is 0 Å². The largest absolute Gasteiger partial charge is 0.339 e. The number of rotatable bonds is 2. The Morgan fingerprint density at radius 1 is 1.47 bits per heavy atom. The fourth-order valence-electron chi connectivity index (χ4n) is 1.37. The fourth-order valence-corrected chi connectivity index (χ4v) is 1.79. The molecule has 0 amide bonds. The lowest BCUT2D eigenvalue weighted by molar-refractivity contribution is 0.627. The van der Waals surface area contributed by atoms with Gasteiger partial charge in [-0.25, -0.2) is 9.37 Å². The van der Waals surface area contributed by atoms with E-state index in [9.17, 15) is 9.18 Å². The SMILES string of the molecule is Cc1cc(F)ccc1Nc1nc[nH]c(=O)c1I. The highest BCUT2D eigenvalue weighted by Gasteiger charge is 2.07.